The van der Waals surface area contributed by atoms with Gasteiger partial charge in [0.2, 0.25) is 0 Å². The van der Waals surface area contributed by atoms with Crippen molar-refractivity contribution in [3.63, 3.8) is 0 Å². The van der Waals surface area contributed by atoms with Crippen molar-refractivity contribution in [2.24, 2.45) is 0 Å². The standard InChI is InChI=1S/C20H18N2O2S/c1-12-5-6-15-16(10-14-3-2-4-17(21-14)20(23)24)19(22-18(15)9-12)13-7-8-25-11-13/h2-9,13,22H,10-11H2,1H3,(H,23,24). The molecule has 5 heteroatoms. The van der Waals surface area contributed by atoms with E-state index in [0.29, 0.717) is 12.3 Å². The average molecular weight is 350 g/mol. The minimum atomic E-state index is -0.994. The minimum Gasteiger partial charge on any atom is -0.477 e. The highest BCUT2D eigenvalue weighted by atomic mass is 32.2. The lowest BCUT2D eigenvalue weighted by molar-refractivity contribution is 0.0690. The Kier molecular flexibility index (Phi) is 4.09. The second-order valence-corrected chi connectivity index (χ2v) is 7.27. The van der Waals surface area contributed by atoms with Crippen molar-refractivity contribution in [1.29, 1.82) is 0 Å². The third kappa shape index (κ3) is 3.07. The number of pyridine rings is 1. The number of benzene rings is 1. The number of aryl methyl sites for hydroxylation is 1. The Morgan fingerprint density at radius 1 is 1.36 bits per heavy atom. The Morgan fingerprint density at radius 3 is 3.00 bits per heavy atom. The minimum absolute atomic E-state index is 0.0889. The first-order valence-electron chi connectivity index (χ1n) is 8.20. The van der Waals surface area contributed by atoms with E-state index in [-0.39, 0.29) is 5.69 Å². The number of H-pyrrole nitrogens is 1. The van der Waals surface area contributed by atoms with E-state index in [0.717, 1.165) is 17.0 Å². The van der Waals surface area contributed by atoms with Crippen molar-refractivity contribution in [3.05, 3.63) is 76.1 Å². The number of rotatable bonds is 4. The summed E-state index contributed by atoms with van der Waals surface area (Å²) >= 11 is 1.82. The summed E-state index contributed by atoms with van der Waals surface area (Å²) in [6.07, 6.45) is 2.85. The van der Waals surface area contributed by atoms with Gasteiger partial charge in [-0.2, -0.15) is 0 Å². The molecule has 0 spiro atoms. The molecule has 3 aromatic rings. The molecule has 0 amide bonds. The van der Waals surface area contributed by atoms with Crippen LogP contribution in [0.5, 0.6) is 0 Å². The van der Waals surface area contributed by atoms with Crippen LogP contribution in [0.25, 0.3) is 10.9 Å². The number of carbonyl (C=O) groups is 1. The lowest BCUT2D eigenvalue weighted by Crippen LogP contribution is -2.05. The highest BCUT2D eigenvalue weighted by Crippen LogP contribution is 2.35. The molecule has 4 nitrogen and oxygen atoms in total. The molecular formula is C20H18N2O2S. The van der Waals surface area contributed by atoms with Crippen LogP contribution >= 0.6 is 11.8 Å². The van der Waals surface area contributed by atoms with Gasteiger partial charge in [0.15, 0.2) is 0 Å². The first-order valence-corrected chi connectivity index (χ1v) is 9.25. The maximum Gasteiger partial charge on any atom is 0.354 e. The van der Waals surface area contributed by atoms with E-state index in [9.17, 15) is 9.90 Å². The zero-order valence-electron chi connectivity index (χ0n) is 13.8. The molecule has 4 rings (SSSR count). The topological polar surface area (TPSA) is 66.0 Å². The number of allylic oxidation sites excluding steroid dienone is 1. The lowest BCUT2D eigenvalue weighted by Gasteiger charge is -2.10. The van der Waals surface area contributed by atoms with E-state index < -0.39 is 5.97 Å². The average Bonchev–Trinajstić information content (AvgIpc) is 3.23. The van der Waals surface area contributed by atoms with Gasteiger partial charge >= 0.3 is 5.97 Å². The molecular weight excluding hydrogens is 332 g/mol. The molecule has 25 heavy (non-hydrogen) atoms. The molecule has 3 heterocycles. The Hall–Kier alpha value is -2.53. The highest BCUT2D eigenvalue weighted by Gasteiger charge is 2.21. The zero-order chi connectivity index (χ0) is 17.4. The van der Waals surface area contributed by atoms with Crippen molar-refractivity contribution in [2.45, 2.75) is 19.3 Å². The number of thioether (sulfide) groups is 1. The number of aromatic nitrogens is 2. The van der Waals surface area contributed by atoms with Crippen molar-refractivity contribution in [3.8, 4) is 0 Å². The fraction of sp³-hybridized carbons (Fsp3) is 0.200. The summed E-state index contributed by atoms with van der Waals surface area (Å²) in [4.78, 5) is 19.1. The fourth-order valence-corrected chi connectivity index (χ4v) is 4.22. The molecule has 2 aromatic heterocycles. The Morgan fingerprint density at radius 2 is 2.24 bits per heavy atom. The quantitative estimate of drug-likeness (QED) is 0.727. The van der Waals surface area contributed by atoms with E-state index >= 15 is 0 Å². The van der Waals surface area contributed by atoms with Crippen LogP contribution in [0.3, 0.4) is 0 Å². The predicted octanol–water partition coefficient (Wildman–Crippen LogP) is 4.50. The number of carboxylic acid groups (broad SMARTS) is 1. The largest absolute Gasteiger partial charge is 0.477 e. The Balaban J connectivity index is 1.81. The predicted molar refractivity (Wildman–Crippen MR) is 101 cm³/mol. The summed E-state index contributed by atoms with van der Waals surface area (Å²) in [6.45, 7) is 2.09. The summed E-state index contributed by atoms with van der Waals surface area (Å²) in [5, 5.41) is 12.5. The van der Waals surface area contributed by atoms with E-state index in [1.54, 1.807) is 6.07 Å². The molecule has 0 saturated heterocycles. The molecule has 1 aliphatic rings. The molecule has 1 atom stereocenters. The maximum atomic E-state index is 11.2. The van der Waals surface area contributed by atoms with Gasteiger partial charge in [0, 0.05) is 40.4 Å². The molecule has 0 bridgehead atoms. The van der Waals surface area contributed by atoms with Crippen LogP contribution in [0.15, 0.2) is 47.9 Å². The second kappa shape index (κ2) is 6.41. The number of hydrogen-bond acceptors (Lipinski definition) is 3. The maximum absolute atomic E-state index is 11.2. The van der Waals surface area contributed by atoms with Crippen molar-refractivity contribution in [2.75, 3.05) is 5.75 Å². The smallest absolute Gasteiger partial charge is 0.354 e. The van der Waals surface area contributed by atoms with Gasteiger partial charge in [0.25, 0.3) is 0 Å². The van der Waals surface area contributed by atoms with Gasteiger partial charge in [0.05, 0.1) is 0 Å². The molecule has 1 unspecified atom stereocenters. The number of nitrogens with one attached hydrogen (secondary N) is 1. The van der Waals surface area contributed by atoms with E-state index in [4.69, 9.17) is 0 Å². The Labute approximate surface area is 150 Å². The SMILES string of the molecule is Cc1ccc2c(Cc3cccc(C(=O)O)n3)c(C3C=CSC3)[nH]c2c1. The summed E-state index contributed by atoms with van der Waals surface area (Å²) in [5.74, 6) is 0.392. The Bertz CT molecular complexity index is 991. The summed E-state index contributed by atoms with van der Waals surface area (Å²) in [7, 11) is 0. The monoisotopic (exact) mass is 350 g/mol. The van der Waals surface area contributed by atoms with Crippen LogP contribution in [0, 0.1) is 6.92 Å². The van der Waals surface area contributed by atoms with Crippen LogP contribution in [-0.4, -0.2) is 26.8 Å². The number of fused-ring (bicyclic) bond motifs is 1. The first-order chi connectivity index (χ1) is 12.1. The van der Waals surface area contributed by atoms with Crippen molar-refractivity contribution >= 4 is 28.6 Å². The fourth-order valence-electron chi connectivity index (χ4n) is 3.32. The third-order valence-electron chi connectivity index (χ3n) is 4.53. The van der Waals surface area contributed by atoms with Crippen LogP contribution in [0.4, 0.5) is 0 Å². The number of aromatic carboxylic acids is 1. The number of carboxylic acids is 1. The van der Waals surface area contributed by atoms with Gasteiger partial charge < -0.3 is 10.1 Å². The van der Waals surface area contributed by atoms with E-state index in [2.05, 4.69) is 46.6 Å². The van der Waals surface area contributed by atoms with Gasteiger partial charge in [-0.1, -0.05) is 24.3 Å². The van der Waals surface area contributed by atoms with Crippen molar-refractivity contribution < 1.29 is 9.90 Å². The van der Waals surface area contributed by atoms with Crippen molar-refractivity contribution in [1.82, 2.24) is 9.97 Å². The van der Waals surface area contributed by atoms with E-state index in [1.165, 1.54) is 28.3 Å². The highest BCUT2D eigenvalue weighted by molar-refractivity contribution is 8.02. The van der Waals surface area contributed by atoms with Crippen LogP contribution in [0.1, 0.15) is 38.9 Å². The third-order valence-corrected chi connectivity index (χ3v) is 5.43. The normalized spacial score (nSPS) is 16.6. The van der Waals surface area contributed by atoms with Crippen LogP contribution in [0.2, 0.25) is 0 Å². The van der Waals surface area contributed by atoms with Gasteiger partial charge in [-0.05, 0) is 41.7 Å². The molecule has 1 aliphatic heterocycles. The number of aromatic amines is 1. The van der Waals surface area contributed by atoms with E-state index in [1.807, 2.05) is 17.8 Å². The summed E-state index contributed by atoms with van der Waals surface area (Å²) < 4.78 is 0. The molecule has 1 aromatic carbocycles. The van der Waals surface area contributed by atoms with Gasteiger partial charge in [0.1, 0.15) is 5.69 Å². The van der Waals surface area contributed by atoms with Crippen LogP contribution < -0.4 is 0 Å². The number of hydrogen-bond donors (Lipinski definition) is 2. The number of nitrogens with zero attached hydrogens (tertiary/aromatic N) is 1. The molecule has 126 valence electrons. The van der Waals surface area contributed by atoms with Gasteiger partial charge in [-0.25, -0.2) is 9.78 Å². The summed E-state index contributed by atoms with van der Waals surface area (Å²) in [6, 6.07) is 11.6. The molecule has 0 radical (unpaired) electrons. The van der Waals surface area contributed by atoms with Gasteiger partial charge in [-0.15, -0.1) is 11.8 Å². The molecule has 2 N–H and O–H groups in total. The lowest BCUT2D eigenvalue weighted by atomic mass is 9.98. The first kappa shape index (κ1) is 16.0. The summed E-state index contributed by atoms with van der Waals surface area (Å²) in [5.41, 5.74) is 5.63. The zero-order valence-corrected chi connectivity index (χ0v) is 14.6. The molecule has 0 aliphatic carbocycles. The van der Waals surface area contributed by atoms with Crippen LogP contribution in [-0.2, 0) is 6.42 Å². The second-order valence-electron chi connectivity index (χ2n) is 6.33. The molecule has 0 saturated carbocycles. The van der Waals surface area contributed by atoms with Gasteiger partial charge in [-0.3, -0.25) is 0 Å². The molecule has 0 fully saturated rings.